The second-order valence-electron chi connectivity index (χ2n) is 25.8. The van der Waals surface area contributed by atoms with Crippen LogP contribution in [-0.4, -0.2) is 20.4 Å². The molecule has 478 valence electrons. The topological polar surface area (TPSA) is 45.1 Å². The van der Waals surface area contributed by atoms with Crippen LogP contribution in [0.15, 0.2) is 339 Å². The normalized spacial score (nSPS) is 17.1. The summed E-state index contributed by atoms with van der Waals surface area (Å²) in [5, 5.41) is 10.0. The van der Waals surface area contributed by atoms with E-state index in [-0.39, 0.29) is 106 Å². The van der Waals surface area contributed by atoms with Crippen molar-refractivity contribution in [3.8, 4) is 67.6 Å². The summed E-state index contributed by atoms with van der Waals surface area (Å²) in [6, 6.07) is 16.2. The molecule has 3 aromatic heterocycles. The van der Waals surface area contributed by atoms with Crippen molar-refractivity contribution in [2.45, 2.75) is 26.2 Å². The lowest BCUT2D eigenvalue weighted by atomic mass is 9.33. The Balaban J connectivity index is 1.04. The first-order valence-corrected chi connectivity index (χ1v) is 32.5. The largest absolute Gasteiger partial charge is 0.310 e. The van der Waals surface area contributed by atoms with E-state index in [0.29, 0.717) is 33.4 Å². The lowest BCUT2D eigenvalue weighted by Crippen LogP contribution is -2.61. The molecule has 5 heterocycles. The van der Waals surface area contributed by atoms with Crippen LogP contribution in [0.5, 0.6) is 0 Å². The van der Waals surface area contributed by atoms with Gasteiger partial charge in [-0.2, -0.15) is 5.26 Å². The van der Waals surface area contributed by atoms with Crippen molar-refractivity contribution in [3.05, 3.63) is 350 Å². The first-order chi connectivity index (χ1) is 63.9. The number of nitrogens with zero attached hydrogens (tertiary/aromatic N) is 6. The number of para-hydroxylation sites is 5. The van der Waals surface area contributed by atoms with Crippen LogP contribution in [0.2, 0.25) is 0 Å². The quantitative estimate of drug-likeness (QED) is 0.135. The smallest absolute Gasteiger partial charge is 0.252 e. The van der Waals surface area contributed by atoms with E-state index in [1.165, 1.54) is 45.5 Å². The van der Waals surface area contributed by atoms with Crippen LogP contribution in [0.3, 0.4) is 0 Å². The average Bonchev–Trinajstić information content (AvgIpc) is 1.68. The fourth-order valence-corrected chi connectivity index (χ4v) is 14.8. The van der Waals surface area contributed by atoms with Crippen LogP contribution in [-0.2, 0) is 5.41 Å². The number of aromatic nitrogens is 3. The van der Waals surface area contributed by atoms with Gasteiger partial charge in [0.1, 0.15) is 6.07 Å². The van der Waals surface area contributed by atoms with Crippen molar-refractivity contribution < 1.29 is 45.2 Å². The molecular weight excluding hydrogens is 1240 g/mol. The number of nitriles is 1. The number of rotatable bonds is 9. The van der Waals surface area contributed by atoms with Gasteiger partial charge in [-0.15, -0.1) is 0 Å². The number of anilines is 6. The van der Waals surface area contributed by atoms with E-state index >= 15 is 0 Å². The fourth-order valence-electron chi connectivity index (χ4n) is 14.8. The summed E-state index contributed by atoms with van der Waals surface area (Å²) in [4.78, 5) is 3.43. The van der Waals surface area contributed by atoms with Gasteiger partial charge in [0.05, 0.1) is 101 Å². The molecule has 6 nitrogen and oxygen atoms in total. The third-order valence-electron chi connectivity index (χ3n) is 19.3. The molecule has 20 rings (SSSR count). The molecule has 0 spiro atoms. The van der Waals surface area contributed by atoms with Gasteiger partial charge < -0.3 is 23.5 Å². The molecule has 102 heavy (non-hydrogen) atoms. The monoisotopic (exact) mass is 1330 g/mol. The molecule has 15 aromatic carbocycles. The second kappa shape index (κ2) is 23.0. The summed E-state index contributed by atoms with van der Waals surface area (Å²) in [5.41, 5.74) is -1.12. The molecule has 0 unspecified atom stereocenters. The highest BCUT2D eigenvalue weighted by Gasteiger charge is 2.46. The maximum Gasteiger partial charge on any atom is 0.252 e. The Bertz CT molecular complexity index is 8340. The summed E-state index contributed by atoms with van der Waals surface area (Å²) in [6.45, 7) is 4.81. The minimum Gasteiger partial charge on any atom is -0.310 e. The summed E-state index contributed by atoms with van der Waals surface area (Å²) < 4.78 is 316. The zero-order valence-corrected chi connectivity index (χ0v) is 54.0. The fraction of sp³-hybridized carbons (Fsp3) is 0.0421. The van der Waals surface area contributed by atoms with Gasteiger partial charge in [-0.1, -0.05) is 257 Å². The minimum absolute atomic E-state index is 0.0430. The molecule has 18 aromatic rings. The van der Waals surface area contributed by atoms with Crippen molar-refractivity contribution in [1.82, 2.24) is 13.7 Å². The van der Waals surface area contributed by atoms with Gasteiger partial charge in [0, 0.05) is 77.6 Å². The zero-order chi connectivity index (χ0) is 96.6. The van der Waals surface area contributed by atoms with Crippen molar-refractivity contribution in [3.63, 3.8) is 0 Å². The molecule has 0 N–H and O–H groups in total. The van der Waals surface area contributed by atoms with E-state index in [1.54, 1.807) is 35.2 Å². The van der Waals surface area contributed by atoms with Gasteiger partial charge in [-0.25, -0.2) is 0 Å². The van der Waals surface area contributed by atoms with Crippen LogP contribution < -0.4 is 26.2 Å². The SMILES string of the molecule is [2H]c1c([2H])c([2H])c(-c2ccc3c(c2)N(c2c(-c4ccccc4)cc(C(C)(C)C)cc2-c2ccccc2)c2cc(-n4c5c([2H])c([2H])c([2H])c([2H])c5c5c([2H])c([2H])c([2H])c([2H])c54)cc4c2B3c2ccc(-n3c5c([2H])c([2H])c([2H])c([2H])c5c5c([2H])c([2H])c([2H])c([2H])c53)cc2N4c2cc(-n3c4c([2H])c([2H])c([2H])c([2H])c4c4c([2H])c(-c5c([2H])c([2H])c([2H])c([2H])c5[2H])c([2H])c([2H])c43)ccc2C#N)c([2H])c1[2H]. The molecule has 0 bridgehead atoms. The van der Waals surface area contributed by atoms with E-state index < -0.39 is 255 Å². The lowest BCUT2D eigenvalue weighted by molar-refractivity contribution is 0.591. The highest BCUT2D eigenvalue weighted by molar-refractivity contribution is 7.00. The first-order valence-electron chi connectivity index (χ1n) is 49.0. The Kier molecular flexibility index (Phi) is 7.79. The van der Waals surface area contributed by atoms with E-state index in [2.05, 4.69) is 6.07 Å². The van der Waals surface area contributed by atoms with Crippen molar-refractivity contribution in [1.29, 1.82) is 5.26 Å². The Hall–Kier alpha value is -13.1. The van der Waals surface area contributed by atoms with Crippen LogP contribution in [0.25, 0.3) is 127 Å². The van der Waals surface area contributed by atoms with E-state index in [4.69, 9.17) is 11.0 Å². The predicted octanol–water partition coefficient (Wildman–Crippen LogP) is 22.9. The van der Waals surface area contributed by atoms with Crippen molar-refractivity contribution in [2.75, 3.05) is 9.80 Å². The predicted molar refractivity (Wildman–Crippen MR) is 429 cm³/mol. The zero-order valence-electron chi connectivity index (χ0n) is 87.0. The molecule has 2 aliphatic heterocycles. The maximum atomic E-state index is 12.4. The average molecular weight is 1330 g/mol. The van der Waals surface area contributed by atoms with Gasteiger partial charge in [0.15, 0.2) is 0 Å². The maximum absolute atomic E-state index is 12.4. The van der Waals surface area contributed by atoms with E-state index in [9.17, 15) is 39.5 Å². The molecule has 0 saturated heterocycles. The molecule has 0 amide bonds. The summed E-state index contributed by atoms with van der Waals surface area (Å²) in [5.74, 6) is 0. The van der Waals surface area contributed by atoms with Crippen LogP contribution in [0, 0.1) is 11.3 Å². The molecule has 0 atom stereocenters. The van der Waals surface area contributed by atoms with Crippen LogP contribution in [0.4, 0.5) is 34.1 Å². The summed E-state index contributed by atoms with van der Waals surface area (Å²) in [6.07, 6.45) is 0. The Labute approximate surface area is 638 Å². The first kappa shape index (κ1) is 34.6. The Morgan fingerprint density at radius 2 is 0.745 bits per heavy atom. The van der Waals surface area contributed by atoms with Crippen LogP contribution >= 0.6 is 0 Å². The molecule has 0 saturated carbocycles. The van der Waals surface area contributed by atoms with Gasteiger partial charge in [-0.05, 0) is 164 Å². The Morgan fingerprint density at radius 1 is 0.333 bits per heavy atom. The van der Waals surface area contributed by atoms with Crippen molar-refractivity contribution >= 4 is 123 Å². The third-order valence-corrected chi connectivity index (χ3v) is 19.3. The summed E-state index contributed by atoms with van der Waals surface area (Å²) in [7, 11) is 0. The number of hydrogen-bond acceptors (Lipinski definition) is 3. The van der Waals surface area contributed by atoms with E-state index in [1.807, 2.05) is 98.5 Å². The van der Waals surface area contributed by atoms with Gasteiger partial charge in [0.2, 0.25) is 0 Å². The molecule has 0 fully saturated rings. The number of hydrogen-bond donors (Lipinski definition) is 0. The van der Waals surface area contributed by atoms with Crippen LogP contribution in [0.1, 0.15) is 77.1 Å². The number of fused-ring (bicyclic) bond motifs is 13. The third kappa shape index (κ3) is 9.06. The highest BCUT2D eigenvalue weighted by atomic mass is 15.2. The molecular formula is C95H65BN6. The van der Waals surface area contributed by atoms with Gasteiger partial charge >= 0.3 is 0 Å². The second-order valence-corrected chi connectivity index (χ2v) is 25.8. The van der Waals surface area contributed by atoms with Crippen molar-refractivity contribution in [2.24, 2.45) is 0 Å². The standard InChI is InChI=1S/C95H65BN6/c1-95(2,3)68-54-77(63-30-12-6-13-31-63)94(78(55-68)64-32-14-7-15-33-64)102-89-53-66(62-28-10-5-11-29-62)45-49-80(89)96-81-50-48-70(98-82-39-21-16-34-72(82)73-35-17-22-40-83(73)98)57-90(81)101(91-58-71(59-92(102)93(91)96)100-84-41-23-18-36-74(84)75-37-19-24-42-85(75)100)88-56-69(47-44-67(88)60-97)99-86-43-25-20-38-76(86)79-52-65(46-51-87(79)99)61-26-8-4-9-27-61/h4-59H,1-3H3/i4D,5D,8D,9D,10D,11D,16D,17D,18D,19D,20D,21D,22D,23D,24D,25D,26D,27D,28D,29D,34D,35D,36D,37D,38D,39D,40D,41D,42D,43D,46D,51D,52D. The minimum atomic E-state index is -1.28. The Morgan fingerprint density at radius 3 is 1.25 bits per heavy atom. The number of benzene rings is 15. The van der Waals surface area contributed by atoms with Gasteiger partial charge in [-0.3, -0.25) is 0 Å². The molecule has 2 aliphatic rings. The molecule has 7 heteroatoms. The molecule has 0 radical (unpaired) electrons. The molecule has 0 aliphatic carbocycles. The van der Waals surface area contributed by atoms with Gasteiger partial charge in [0.25, 0.3) is 6.71 Å². The highest BCUT2D eigenvalue weighted by Crippen LogP contribution is 2.54. The summed E-state index contributed by atoms with van der Waals surface area (Å²) >= 11 is 0. The lowest BCUT2D eigenvalue weighted by Gasteiger charge is -2.45. The van der Waals surface area contributed by atoms with E-state index in [0.717, 1.165) is 10.1 Å².